The molecule has 3 aromatic carbocycles. The third-order valence-corrected chi connectivity index (χ3v) is 6.60. The smallest absolute Gasteiger partial charge is 0.261 e. The molecule has 0 unspecified atom stereocenters. The number of carbonyl (C=O) groups excluding carboxylic acids is 1. The zero-order valence-electron chi connectivity index (χ0n) is 20.6. The van der Waals surface area contributed by atoms with Gasteiger partial charge in [0.1, 0.15) is 11.5 Å². The van der Waals surface area contributed by atoms with E-state index in [0.717, 1.165) is 5.56 Å². The van der Waals surface area contributed by atoms with E-state index in [0.29, 0.717) is 35.3 Å². The van der Waals surface area contributed by atoms with Crippen molar-refractivity contribution in [1.29, 1.82) is 0 Å². The van der Waals surface area contributed by atoms with Crippen LogP contribution in [0.3, 0.4) is 0 Å². The monoisotopic (exact) mass is 514 g/mol. The largest absolute Gasteiger partial charge is 0.494 e. The lowest BCUT2D eigenvalue weighted by Crippen LogP contribution is -2.31. The van der Waals surface area contributed by atoms with Crippen molar-refractivity contribution in [2.75, 3.05) is 32.2 Å². The van der Waals surface area contributed by atoms with Gasteiger partial charge in [0.05, 0.1) is 31.8 Å². The summed E-state index contributed by atoms with van der Waals surface area (Å²) in [6, 6.07) is 17.6. The Morgan fingerprint density at radius 1 is 0.861 bits per heavy atom. The van der Waals surface area contributed by atoms with Gasteiger partial charge in [-0.25, -0.2) is 8.42 Å². The lowest BCUT2D eigenvalue weighted by atomic mass is 10.1. The van der Waals surface area contributed by atoms with Crippen molar-refractivity contribution < 1.29 is 32.2 Å². The van der Waals surface area contributed by atoms with Gasteiger partial charge in [-0.2, -0.15) is 0 Å². The minimum Gasteiger partial charge on any atom is -0.494 e. The number of hydrogen-bond donors (Lipinski definition) is 2. The van der Waals surface area contributed by atoms with Crippen molar-refractivity contribution in [3.05, 3.63) is 72.3 Å². The summed E-state index contributed by atoms with van der Waals surface area (Å²) in [4.78, 5) is 12.4. The Morgan fingerprint density at radius 2 is 1.47 bits per heavy atom. The molecule has 1 atom stereocenters. The molecular weight excluding hydrogens is 484 g/mol. The minimum absolute atomic E-state index is 0.0651. The van der Waals surface area contributed by atoms with E-state index in [1.165, 1.54) is 24.3 Å². The van der Waals surface area contributed by atoms with E-state index in [2.05, 4.69) is 10.0 Å². The molecule has 36 heavy (non-hydrogen) atoms. The van der Waals surface area contributed by atoms with Gasteiger partial charge >= 0.3 is 0 Å². The van der Waals surface area contributed by atoms with Crippen molar-refractivity contribution in [2.45, 2.75) is 24.8 Å². The average Bonchev–Trinajstić information content (AvgIpc) is 2.88. The van der Waals surface area contributed by atoms with Crippen LogP contribution in [-0.4, -0.2) is 41.8 Å². The second-order valence-corrected chi connectivity index (χ2v) is 9.41. The maximum absolute atomic E-state index is 12.7. The molecule has 9 nitrogen and oxygen atoms in total. The summed E-state index contributed by atoms with van der Waals surface area (Å²) in [6.45, 7) is 4.01. The van der Waals surface area contributed by atoms with Gasteiger partial charge in [-0.05, 0) is 80.1 Å². The van der Waals surface area contributed by atoms with Crippen LogP contribution in [0.25, 0.3) is 0 Å². The molecule has 0 bridgehead atoms. The van der Waals surface area contributed by atoms with Crippen LogP contribution in [-0.2, 0) is 14.8 Å². The SMILES string of the molecule is CCOc1ccc(NS(=O)(=O)c2ccc(OCC(=O)N[C@@H](C)c3ccc(OC)c(OC)c3)cc2)cc1. The van der Waals surface area contributed by atoms with E-state index in [1.807, 2.05) is 19.9 Å². The first-order valence-corrected chi connectivity index (χ1v) is 12.7. The molecule has 0 heterocycles. The number of carbonyl (C=O) groups is 1. The Balaban J connectivity index is 1.54. The molecule has 0 saturated heterocycles. The number of rotatable bonds is 12. The van der Waals surface area contributed by atoms with Crippen LogP contribution in [0.4, 0.5) is 5.69 Å². The summed E-state index contributed by atoms with van der Waals surface area (Å²) >= 11 is 0. The van der Waals surface area contributed by atoms with E-state index >= 15 is 0 Å². The van der Waals surface area contributed by atoms with E-state index in [9.17, 15) is 13.2 Å². The predicted octanol–water partition coefficient (Wildman–Crippen LogP) is 4.16. The van der Waals surface area contributed by atoms with Gasteiger partial charge in [0, 0.05) is 5.69 Å². The van der Waals surface area contributed by atoms with Gasteiger partial charge < -0.3 is 24.3 Å². The van der Waals surface area contributed by atoms with Crippen LogP contribution < -0.4 is 29.0 Å². The molecule has 192 valence electrons. The van der Waals surface area contributed by atoms with Crippen molar-refractivity contribution in [2.24, 2.45) is 0 Å². The Kier molecular flexibility index (Phi) is 9.02. The molecule has 2 N–H and O–H groups in total. The van der Waals surface area contributed by atoms with Crippen molar-refractivity contribution in [3.8, 4) is 23.0 Å². The molecule has 0 aliphatic rings. The Hall–Kier alpha value is -3.92. The van der Waals surface area contributed by atoms with Crippen LogP contribution in [0, 0.1) is 0 Å². The van der Waals surface area contributed by atoms with Crippen LogP contribution in [0.2, 0.25) is 0 Å². The number of anilines is 1. The first-order valence-electron chi connectivity index (χ1n) is 11.3. The van der Waals surface area contributed by atoms with Gasteiger partial charge in [-0.3, -0.25) is 9.52 Å². The van der Waals surface area contributed by atoms with Crippen molar-refractivity contribution in [3.63, 3.8) is 0 Å². The first-order chi connectivity index (χ1) is 17.2. The number of methoxy groups -OCH3 is 2. The number of amides is 1. The van der Waals surface area contributed by atoms with Gasteiger partial charge in [0.15, 0.2) is 18.1 Å². The van der Waals surface area contributed by atoms with Crippen LogP contribution in [0.15, 0.2) is 71.6 Å². The normalized spacial score (nSPS) is 11.8. The summed E-state index contributed by atoms with van der Waals surface area (Å²) in [6.07, 6.45) is 0. The molecule has 0 spiro atoms. The molecule has 3 aromatic rings. The average molecular weight is 515 g/mol. The van der Waals surface area contributed by atoms with Crippen molar-refractivity contribution in [1.82, 2.24) is 5.32 Å². The Labute approximate surface area is 211 Å². The standard InChI is InChI=1S/C26H30N2O7S/c1-5-34-21-9-7-20(8-10-21)28-36(30,31)23-13-11-22(12-14-23)35-17-26(29)27-18(2)19-6-15-24(32-3)25(16-19)33-4/h6-16,18,28H,5,17H2,1-4H3,(H,27,29)/t18-/m0/s1. The molecule has 0 aliphatic carbocycles. The Bertz CT molecular complexity index is 1260. The third kappa shape index (κ3) is 7.05. The summed E-state index contributed by atoms with van der Waals surface area (Å²) in [5, 5.41) is 2.85. The fraction of sp³-hybridized carbons (Fsp3) is 0.269. The maximum atomic E-state index is 12.7. The van der Waals surface area contributed by atoms with E-state index in [-0.39, 0.29) is 23.5 Å². The van der Waals surface area contributed by atoms with Gasteiger partial charge in [-0.15, -0.1) is 0 Å². The summed E-state index contributed by atoms with van der Waals surface area (Å²) in [7, 11) is -0.686. The molecule has 1 amide bonds. The van der Waals surface area contributed by atoms with E-state index in [4.69, 9.17) is 18.9 Å². The molecule has 0 saturated carbocycles. The Morgan fingerprint density at radius 3 is 2.08 bits per heavy atom. The van der Waals surface area contributed by atoms with Crippen LogP contribution in [0.5, 0.6) is 23.0 Å². The zero-order chi connectivity index (χ0) is 26.1. The topological polar surface area (TPSA) is 112 Å². The maximum Gasteiger partial charge on any atom is 0.261 e. The number of benzene rings is 3. The first kappa shape index (κ1) is 26.7. The second kappa shape index (κ2) is 12.2. The number of hydrogen-bond acceptors (Lipinski definition) is 7. The van der Waals surface area contributed by atoms with Crippen molar-refractivity contribution >= 4 is 21.6 Å². The molecule has 0 fully saturated rings. The minimum atomic E-state index is -3.79. The highest BCUT2D eigenvalue weighted by Gasteiger charge is 2.16. The number of sulfonamides is 1. The fourth-order valence-corrected chi connectivity index (χ4v) is 4.41. The molecule has 0 radical (unpaired) electrons. The summed E-state index contributed by atoms with van der Waals surface area (Å²) in [5.74, 6) is 1.86. The molecule has 3 rings (SSSR count). The molecular formula is C26H30N2O7S. The quantitative estimate of drug-likeness (QED) is 0.373. The highest BCUT2D eigenvalue weighted by molar-refractivity contribution is 7.92. The molecule has 0 aliphatic heterocycles. The molecule has 10 heteroatoms. The lowest BCUT2D eigenvalue weighted by molar-refractivity contribution is -0.123. The highest BCUT2D eigenvalue weighted by Crippen LogP contribution is 2.30. The lowest BCUT2D eigenvalue weighted by Gasteiger charge is -2.17. The van der Waals surface area contributed by atoms with E-state index in [1.54, 1.807) is 50.6 Å². The molecule has 0 aromatic heterocycles. The van der Waals surface area contributed by atoms with Gasteiger partial charge in [0.25, 0.3) is 15.9 Å². The van der Waals surface area contributed by atoms with E-state index < -0.39 is 10.0 Å². The summed E-state index contributed by atoms with van der Waals surface area (Å²) in [5.41, 5.74) is 1.26. The zero-order valence-corrected chi connectivity index (χ0v) is 21.4. The van der Waals surface area contributed by atoms with Gasteiger partial charge in [-0.1, -0.05) is 6.07 Å². The fourth-order valence-electron chi connectivity index (χ4n) is 3.35. The van der Waals surface area contributed by atoms with Crippen LogP contribution in [0.1, 0.15) is 25.5 Å². The third-order valence-electron chi connectivity index (χ3n) is 5.21. The highest BCUT2D eigenvalue weighted by atomic mass is 32.2. The van der Waals surface area contributed by atoms with Gasteiger partial charge in [0.2, 0.25) is 0 Å². The van der Waals surface area contributed by atoms with Crippen LogP contribution >= 0.6 is 0 Å². The number of ether oxygens (including phenoxy) is 4. The summed E-state index contributed by atoms with van der Waals surface area (Å²) < 4.78 is 49.3. The second-order valence-electron chi connectivity index (χ2n) is 7.73. The number of nitrogens with one attached hydrogen (secondary N) is 2. The predicted molar refractivity (Wildman–Crippen MR) is 136 cm³/mol.